The van der Waals surface area contributed by atoms with Crippen molar-refractivity contribution >= 4 is 6.21 Å². The minimum Gasteiger partial charge on any atom is -0.378 e. The van der Waals surface area contributed by atoms with Crippen molar-refractivity contribution in [1.29, 1.82) is 0 Å². The zero-order chi connectivity index (χ0) is 8.10. The lowest BCUT2D eigenvalue weighted by Gasteiger charge is -2.23. The first-order valence-electron chi connectivity index (χ1n) is 4.16. The van der Waals surface area contributed by atoms with Gasteiger partial charge in [0.1, 0.15) is 0 Å². The summed E-state index contributed by atoms with van der Waals surface area (Å²) in [6, 6.07) is 0. The van der Waals surface area contributed by atoms with Gasteiger partial charge in [0, 0.05) is 6.21 Å². The number of ether oxygens (including phenoxy) is 1. The van der Waals surface area contributed by atoms with E-state index in [0.717, 1.165) is 26.3 Å². The third kappa shape index (κ3) is 3.37. The van der Waals surface area contributed by atoms with Gasteiger partial charge in [0.25, 0.3) is 0 Å². The number of morpholine rings is 1. The van der Waals surface area contributed by atoms with E-state index in [-0.39, 0.29) is 0 Å². The summed E-state index contributed by atoms with van der Waals surface area (Å²) in [5, 5.41) is 6.37. The zero-order valence-corrected chi connectivity index (χ0v) is 7.29. The maximum Gasteiger partial charge on any atom is 0.0659 e. The van der Waals surface area contributed by atoms with E-state index in [9.17, 15) is 0 Å². The van der Waals surface area contributed by atoms with Gasteiger partial charge in [-0.2, -0.15) is 5.10 Å². The molecule has 64 valence electrons. The van der Waals surface area contributed by atoms with Crippen LogP contribution in [0.5, 0.6) is 0 Å². The minimum atomic E-state index is 0.540. The Kier molecular flexibility index (Phi) is 3.36. The maximum atomic E-state index is 5.19. The van der Waals surface area contributed by atoms with E-state index < -0.39 is 0 Å². The molecule has 1 aliphatic rings. The first kappa shape index (κ1) is 8.53. The maximum absolute atomic E-state index is 5.19. The minimum absolute atomic E-state index is 0.540. The molecule has 1 rings (SSSR count). The smallest absolute Gasteiger partial charge is 0.0659 e. The van der Waals surface area contributed by atoms with Gasteiger partial charge < -0.3 is 4.74 Å². The summed E-state index contributed by atoms with van der Waals surface area (Å²) in [5.74, 6) is 0.540. The monoisotopic (exact) mass is 156 g/mol. The van der Waals surface area contributed by atoms with Crippen LogP contribution in [0.4, 0.5) is 0 Å². The van der Waals surface area contributed by atoms with Crippen molar-refractivity contribution in [2.45, 2.75) is 13.8 Å². The Morgan fingerprint density at radius 3 is 2.55 bits per heavy atom. The summed E-state index contributed by atoms with van der Waals surface area (Å²) in [5.41, 5.74) is 0. The Labute approximate surface area is 68.0 Å². The molecular weight excluding hydrogens is 140 g/mol. The van der Waals surface area contributed by atoms with Crippen molar-refractivity contribution in [2.75, 3.05) is 26.3 Å². The normalized spacial score (nSPS) is 20.1. The SMILES string of the molecule is CC(C)/C=N/N1CCOCC1. The zero-order valence-electron chi connectivity index (χ0n) is 7.29. The van der Waals surface area contributed by atoms with Crippen molar-refractivity contribution < 1.29 is 4.74 Å². The standard InChI is InChI=1S/C8H16N2O/c1-8(2)7-9-10-3-5-11-6-4-10/h7-8H,3-6H2,1-2H3/b9-7+. The molecular formula is C8H16N2O. The Hall–Kier alpha value is -0.570. The summed E-state index contributed by atoms with van der Waals surface area (Å²) < 4.78 is 5.19. The average Bonchev–Trinajstić information content (AvgIpc) is 2.03. The van der Waals surface area contributed by atoms with E-state index in [4.69, 9.17) is 4.74 Å². The summed E-state index contributed by atoms with van der Waals surface area (Å²) in [6.45, 7) is 7.76. The molecule has 1 saturated heterocycles. The quantitative estimate of drug-likeness (QED) is 0.556. The molecule has 0 aromatic carbocycles. The lowest BCUT2D eigenvalue weighted by atomic mass is 10.3. The molecule has 0 aromatic heterocycles. The summed E-state index contributed by atoms with van der Waals surface area (Å²) in [6.07, 6.45) is 1.98. The van der Waals surface area contributed by atoms with E-state index in [2.05, 4.69) is 24.0 Å². The van der Waals surface area contributed by atoms with Gasteiger partial charge >= 0.3 is 0 Å². The van der Waals surface area contributed by atoms with Crippen LogP contribution in [0.2, 0.25) is 0 Å². The molecule has 0 aliphatic carbocycles. The summed E-state index contributed by atoms with van der Waals surface area (Å²) >= 11 is 0. The number of nitrogens with zero attached hydrogens (tertiary/aromatic N) is 2. The van der Waals surface area contributed by atoms with E-state index in [1.807, 2.05) is 6.21 Å². The highest BCUT2D eigenvalue weighted by Gasteiger charge is 2.05. The number of rotatable bonds is 2. The Balaban J connectivity index is 2.23. The van der Waals surface area contributed by atoms with Crippen molar-refractivity contribution in [3.05, 3.63) is 0 Å². The van der Waals surface area contributed by atoms with Crippen LogP contribution in [-0.2, 0) is 4.74 Å². The van der Waals surface area contributed by atoms with Crippen molar-refractivity contribution in [2.24, 2.45) is 11.0 Å². The first-order valence-corrected chi connectivity index (χ1v) is 4.16. The molecule has 0 spiro atoms. The van der Waals surface area contributed by atoms with Gasteiger partial charge in [-0.3, -0.25) is 5.01 Å². The van der Waals surface area contributed by atoms with Crippen molar-refractivity contribution in [3.63, 3.8) is 0 Å². The van der Waals surface area contributed by atoms with Crippen LogP contribution in [0.3, 0.4) is 0 Å². The fourth-order valence-electron chi connectivity index (χ4n) is 0.897. The highest BCUT2D eigenvalue weighted by atomic mass is 16.5. The molecule has 0 bridgehead atoms. The van der Waals surface area contributed by atoms with Crippen LogP contribution < -0.4 is 0 Å². The molecule has 0 saturated carbocycles. The average molecular weight is 156 g/mol. The van der Waals surface area contributed by atoms with Gasteiger partial charge in [0.15, 0.2) is 0 Å². The van der Waals surface area contributed by atoms with Gasteiger partial charge in [-0.1, -0.05) is 13.8 Å². The molecule has 0 radical (unpaired) electrons. The molecule has 0 aromatic rings. The van der Waals surface area contributed by atoms with Crippen LogP contribution in [0.1, 0.15) is 13.8 Å². The molecule has 0 unspecified atom stereocenters. The van der Waals surface area contributed by atoms with Crippen LogP contribution in [0.25, 0.3) is 0 Å². The Morgan fingerprint density at radius 1 is 1.36 bits per heavy atom. The van der Waals surface area contributed by atoms with Crippen LogP contribution >= 0.6 is 0 Å². The van der Waals surface area contributed by atoms with E-state index in [1.165, 1.54) is 0 Å². The predicted molar refractivity (Wildman–Crippen MR) is 45.7 cm³/mol. The van der Waals surface area contributed by atoms with Crippen LogP contribution in [0.15, 0.2) is 5.10 Å². The molecule has 0 atom stereocenters. The predicted octanol–water partition coefficient (Wildman–Crippen LogP) is 0.960. The topological polar surface area (TPSA) is 24.8 Å². The lowest BCUT2D eigenvalue weighted by Crippen LogP contribution is -2.32. The second-order valence-corrected chi connectivity index (χ2v) is 3.07. The van der Waals surface area contributed by atoms with E-state index in [1.54, 1.807) is 0 Å². The Morgan fingerprint density at radius 2 is 2.00 bits per heavy atom. The van der Waals surface area contributed by atoms with Gasteiger partial charge in [-0.15, -0.1) is 0 Å². The van der Waals surface area contributed by atoms with Gasteiger partial charge in [0.2, 0.25) is 0 Å². The molecule has 11 heavy (non-hydrogen) atoms. The second-order valence-electron chi connectivity index (χ2n) is 3.07. The van der Waals surface area contributed by atoms with Crippen molar-refractivity contribution in [1.82, 2.24) is 5.01 Å². The fourth-order valence-corrected chi connectivity index (χ4v) is 0.897. The van der Waals surface area contributed by atoms with Crippen molar-refractivity contribution in [3.8, 4) is 0 Å². The highest BCUT2D eigenvalue weighted by molar-refractivity contribution is 5.59. The fraction of sp³-hybridized carbons (Fsp3) is 0.875. The third-order valence-electron chi connectivity index (χ3n) is 1.52. The molecule has 1 heterocycles. The van der Waals surface area contributed by atoms with Gasteiger partial charge in [0.05, 0.1) is 26.3 Å². The van der Waals surface area contributed by atoms with E-state index in [0.29, 0.717) is 5.92 Å². The largest absolute Gasteiger partial charge is 0.378 e. The second kappa shape index (κ2) is 4.34. The molecule has 0 N–H and O–H groups in total. The van der Waals surface area contributed by atoms with Gasteiger partial charge in [-0.25, -0.2) is 0 Å². The number of hydrogen-bond donors (Lipinski definition) is 0. The lowest BCUT2D eigenvalue weighted by molar-refractivity contribution is 0.0394. The van der Waals surface area contributed by atoms with Crippen LogP contribution in [-0.4, -0.2) is 37.5 Å². The molecule has 1 aliphatic heterocycles. The Bertz CT molecular complexity index is 128. The third-order valence-corrected chi connectivity index (χ3v) is 1.52. The van der Waals surface area contributed by atoms with Gasteiger partial charge in [-0.05, 0) is 5.92 Å². The first-order chi connectivity index (χ1) is 5.29. The molecule has 3 nitrogen and oxygen atoms in total. The molecule has 3 heteroatoms. The summed E-state index contributed by atoms with van der Waals surface area (Å²) in [7, 11) is 0. The number of hydrazone groups is 1. The van der Waals surface area contributed by atoms with Crippen LogP contribution in [0, 0.1) is 5.92 Å². The molecule has 0 amide bonds. The highest BCUT2D eigenvalue weighted by Crippen LogP contribution is 1.97. The summed E-state index contributed by atoms with van der Waals surface area (Å²) in [4.78, 5) is 0. The molecule has 1 fully saturated rings. The number of hydrogen-bond acceptors (Lipinski definition) is 3. The van der Waals surface area contributed by atoms with E-state index >= 15 is 0 Å².